The maximum absolute atomic E-state index is 12.5. The summed E-state index contributed by atoms with van der Waals surface area (Å²) < 4.78 is 0. The van der Waals surface area contributed by atoms with Crippen LogP contribution in [0.25, 0.3) is 0 Å². The van der Waals surface area contributed by atoms with Gasteiger partial charge in [-0.3, -0.25) is 19.2 Å². The SMILES string of the molecule is CC(N)C(=O)NC(CO)C(=O)NC(CCC(N)=O)C(=O)NC(CCCCN)C(=O)O. The summed E-state index contributed by atoms with van der Waals surface area (Å²) in [7, 11) is 0. The zero-order chi connectivity index (χ0) is 23.3. The monoisotopic (exact) mass is 432 g/mol. The van der Waals surface area contributed by atoms with Crippen molar-refractivity contribution in [2.45, 2.75) is 63.2 Å². The van der Waals surface area contributed by atoms with Crippen molar-refractivity contribution < 1.29 is 34.2 Å². The number of aliphatic hydroxyl groups is 1. The van der Waals surface area contributed by atoms with Crippen molar-refractivity contribution in [2.24, 2.45) is 17.2 Å². The van der Waals surface area contributed by atoms with Gasteiger partial charge in [0.1, 0.15) is 18.1 Å². The molecule has 4 amide bonds. The number of carboxylic acids is 1. The number of nitrogens with two attached hydrogens (primary N) is 3. The fraction of sp³-hybridized carbons (Fsp3) is 0.706. The Morgan fingerprint density at radius 1 is 0.867 bits per heavy atom. The third kappa shape index (κ3) is 10.7. The number of rotatable bonds is 15. The van der Waals surface area contributed by atoms with E-state index in [-0.39, 0.29) is 19.3 Å². The number of carbonyl (C=O) groups excluding carboxylic acids is 4. The minimum absolute atomic E-state index is 0.123. The lowest BCUT2D eigenvalue weighted by atomic mass is 10.1. The van der Waals surface area contributed by atoms with Crippen LogP contribution in [-0.2, 0) is 24.0 Å². The Bertz CT molecular complexity index is 613. The highest BCUT2D eigenvalue weighted by atomic mass is 16.4. The number of unbranched alkanes of at least 4 members (excludes halogenated alkanes) is 1. The highest BCUT2D eigenvalue weighted by Gasteiger charge is 2.29. The van der Waals surface area contributed by atoms with Gasteiger partial charge in [0, 0.05) is 6.42 Å². The van der Waals surface area contributed by atoms with E-state index in [0.717, 1.165) is 0 Å². The predicted molar refractivity (Wildman–Crippen MR) is 105 cm³/mol. The van der Waals surface area contributed by atoms with Gasteiger partial charge in [-0.2, -0.15) is 0 Å². The standard InChI is InChI=1S/C17H32N6O7/c1-9(19)14(26)23-12(8-24)16(28)21-10(5-6-13(20)25)15(27)22-11(17(29)30)4-2-3-7-18/h9-12,24H,2-8,18-19H2,1H3,(H2,20,25)(H,21,28)(H,22,27)(H,23,26)(H,29,30). The molecule has 0 saturated carbocycles. The zero-order valence-electron chi connectivity index (χ0n) is 16.9. The molecule has 172 valence electrons. The van der Waals surface area contributed by atoms with E-state index in [1.54, 1.807) is 0 Å². The van der Waals surface area contributed by atoms with Gasteiger partial charge >= 0.3 is 5.97 Å². The van der Waals surface area contributed by atoms with Crippen LogP contribution in [0.2, 0.25) is 0 Å². The number of carbonyl (C=O) groups is 5. The molecule has 0 aromatic carbocycles. The van der Waals surface area contributed by atoms with Crippen LogP contribution in [0.4, 0.5) is 0 Å². The Morgan fingerprint density at radius 3 is 1.87 bits per heavy atom. The molecule has 0 fully saturated rings. The van der Waals surface area contributed by atoms with Crippen molar-refractivity contribution in [3.8, 4) is 0 Å². The summed E-state index contributed by atoms with van der Waals surface area (Å²) in [5.74, 6) is -4.46. The molecule has 0 bridgehead atoms. The highest BCUT2D eigenvalue weighted by molar-refractivity contribution is 5.94. The van der Waals surface area contributed by atoms with E-state index in [0.29, 0.717) is 19.4 Å². The van der Waals surface area contributed by atoms with Crippen LogP contribution in [0.5, 0.6) is 0 Å². The molecule has 0 radical (unpaired) electrons. The normalized spacial score (nSPS) is 14.7. The fourth-order valence-electron chi connectivity index (χ4n) is 2.35. The molecule has 0 aliphatic heterocycles. The molecule has 0 saturated heterocycles. The van der Waals surface area contributed by atoms with Gasteiger partial charge in [0.25, 0.3) is 0 Å². The van der Waals surface area contributed by atoms with Gasteiger partial charge in [-0.25, -0.2) is 4.79 Å². The quantitative estimate of drug-likeness (QED) is 0.118. The van der Waals surface area contributed by atoms with Gasteiger partial charge in [0.05, 0.1) is 12.6 Å². The molecule has 4 unspecified atom stereocenters. The summed E-state index contributed by atoms with van der Waals surface area (Å²) in [5.41, 5.74) is 15.9. The van der Waals surface area contributed by atoms with Crippen molar-refractivity contribution >= 4 is 29.6 Å². The van der Waals surface area contributed by atoms with Crippen LogP contribution in [0.3, 0.4) is 0 Å². The van der Waals surface area contributed by atoms with Gasteiger partial charge in [0.2, 0.25) is 23.6 Å². The molecule has 0 aromatic heterocycles. The van der Waals surface area contributed by atoms with Gasteiger partial charge in [-0.15, -0.1) is 0 Å². The van der Waals surface area contributed by atoms with Crippen molar-refractivity contribution in [1.29, 1.82) is 0 Å². The summed E-state index contributed by atoms with van der Waals surface area (Å²) in [6, 6.07) is -4.87. The summed E-state index contributed by atoms with van der Waals surface area (Å²) >= 11 is 0. The van der Waals surface area contributed by atoms with E-state index in [1.807, 2.05) is 0 Å². The first-order valence-corrected chi connectivity index (χ1v) is 9.52. The lowest BCUT2D eigenvalue weighted by Crippen LogP contribution is -2.57. The topological polar surface area (TPSA) is 240 Å². The molecular weight excluding hydrogens is 400 g/mol. The van der Waals surface area contributed by atoms with Crippen molar-refractivity contribution in [2.75, 3.05) is 13.2 Å². The number of aliphatic carboxylic acids is 1. The van der Waals surface area contributed by atoms with Gasteiger partial charge in [-0.1, -0.05) is 0 Å². The smallest absolute Gasteiger partial charge is 0.326 e. The number of amides is 4. The molecular formula is C17H32N6O7. The molecule has 0 rings (SSSR count). The van der Waals surface area contributed by atoms with Crippen molar-refractivity contribution in [3.05, 3.63) is 0 Å². The lowest BCUT2D eigenvalue weighted by Gasteiger charge is -2.24. The second-order valence-corrected chi connectivity index (χ2v) is 6.78. The van der Waals surface area contributed by atoms with E-state index in [2.05, 4.69) is 16.0 Å². The number of hydrogen-bond donors (Lipinski definition) is 8. The number of primary amides is 1. The molecule has 0 heterocycles. The first kappa shape index (κ1) is 27.2. The van der Waals surface area contributed by atoms with Crippen LogP contribution < -0.4 is 33.2 Å². The molecule has 30 heavy (non-hydrogen) atoms. The molecule has 0 aliphatic carbocycles. The maximum Gasteiger partial charge on any atom is 0.326 e. The molecule has 0 aromatic rings. The Kier molecular flexibility index (Phi) is 12.9. The van der Waals surface area contributed by atoms with E-state index in [9.17, 15) is 34.2 Å². The molecule has 11 N–H and O–H groups in total. The van der Waals surface area contributed by atoms with E-state index >= 15 is 0 Å². The second-order valence-electron chi connectivity index (χ2n) is 6.78. The minimum Gasteiger partial charge on any atom is -0.480 e. The van der Waals surface area contributed by atoms with Crippen LogP contribution in [0.1, 0.15) is 39.0 Å². The first-order chi connectivity index (χ1) is 14.0. The fourth-order valence-corrected chi connectivity index (χ4v) is 2.35. The Hall–Kier alpha value is -2.77. The van der Waals surface area contributed by atoms with E-state index in [4.69, 9.17) is 17.2 Å². The molecule has 0 aliphatic rings. The summed E-state index contributed by atoms with van der Waals surface area (Å²) in [4.78, 5) is 59.0. The number of hydrogen-bond acceptors (Lipinski definition) is 8. The van der Waals surface area contributed by atoms with Gasteiger partial charge in [0.15, 0.2) is 0 Å². The Balaban J connectivity index is 5.24. The summed E-state index contributed by atoms with van der Waals surface area (Å²) in [6.45, 7) is 0.972. The van der Waals surface area contributed by atoms with Gasteiger partial charge in [-0.05, 0) is 39.2 Å². The second kappa shape index (κ2) is 14.3. The number of nitrogens with one attached hydrogen (secondary N) is 3. The molecule has 0 spiro atoms. The lowest BCUT2D eigenvalue weighted by molar-refractivity contribution is -0.142. The third-order valence-corrected chi connectivity index (χ3v) is 4.10. The average Bonchev–Trinajstić information content (AvgIpc) is 2.67. The maximum atomic E-state index is 12.5. The van der Waals surface area contributed by atoms with Crippen molar-refractivity contribution in [3.63, 3.8) is 0 Å². The Labute approximate surface area is 174 Å². The average molecular weight is 432 g/mol. The molecule has 13 heteroatoms. The number of carboxylic acid groups (broad SMARTS) is 1. The summed E-state index contributed by atoms with van der Waals surface area (Å²) in [6.07, 6.45) is 0.681. The van der Waals surface area contributed by atoms with Crippen LogP contribution >= 0.6 is 0 Å². The van der Waals surface area contributed by atoms with Crippen LogP contribution in [0, 0.1) is 0 Å². The minimum atomic E-state index is -1.40. The van der Waals surface area contributed by atoms with Crippen LogP contribution in [0.15, 0.2) is 0 Å². The van der Waals surface area contributed by atoms with Crippen molar-refractivity contribution in [1.82, 2.24) is 16.0 Å². The molecule has 4 atom stereocenters. The van der Waals surface area contributed by atoms with Gasteiger partial charge < -0.3 is 43.4 Å². The van der Waals surface area contributed by atoms with Crippen LogP contribution in [-0.4, -0.2) is 77.1 Å². The van der Waals surface area contributed by atoms with E-state index < -0.39 is 60.4 Å². The molecule has 13 nitrogen and oxygen atoms in total. The number of aliphatic hydroxyl groups excluding tert-OH is 1. The van der Waals surface area contributed by atoms with E-state index in [1.165, 1.54) is 6.92 Å². The zero-order valence-corrected chi connectivity index (χ0v) is 16.9. The highest BCUT2D eigenvalue weighted by Crippen LogP contribution is 2.04. The Morgan fingerprint density at radius 2 is 1.40 bits per heavy atom. The first-order valence-electron chi connectivity index (χ1n) is 9.52. The largest absolute Gasteiger partial charge is 0.480 e. The predicted octanol–water partition coefficient (Wildman–Crippen LogP) is -3.74. The summed E-state index contributed by atoms with van der Waals surface area (Å²) in [5, 5.41) is 25.4. The third-order valence-electron chi connectivity index (χ3n) is 4.10.